The number of hydrogen-bond acceptors (Lipinski definition) is 6. The third-order valence-corrected chi connectivity index (χ3v) is 6.25. The zero-order valence-electron chi connectivity index (χ0n) is 20.3. The minimum absolute atomic E-state index is 0.215. The summed E-state index contributed by atoms with van der Waals surface area (Å²) in [5.41, 5.74) is 4.33. The third-order valence-electron chi connectivity index (χ3n) is 6.25. The Bertz CT molecular complexity index is 1590. The van der Waals surface area contributed by atoms with E-state index in [0.717, 1.165) is 5.56 Å². The van der Waals surface area contributed by atoms with Gasteiger partial charge in [-0.3, -0.25) is 4.79 Å². The molecule has 0 N–H and O–H groups in total. The highest BCUT2D eigenvalue weighted by Gasteiger charge is 2.34. The molecule has 0 bridgehead atoms. The lowest BCUT2D eigenvalue weighted by molar-refractivity contribution is 0.104. The number of benzene rings is 3. The molecule has 0 aliphatic heterocycles. The third kappa shape index (κ3) is 3.99. The van der Waals surface area contributed by atoms with Gasteiger partial charge in [-0.15, -0.1) is 0 Å². The number of fused-ring (bicyclic) bond motifs is 3. The van der Waals surface area contributed by atoms with Crippen LogP contribution < -0.4 is 14.2 Å². The first-order valence-electron chi connectivity index (χ1n) is 11.4. The molecule has 0 fully saturated rings. The van der Waals surface area contributed by atoms with Gasteiger partial charge in [-0.2, -0.15) is 5.26 Å². The van der Waals surface area contributed by atoms with Crippen LogP contribution in [0.15, 0.2) is 60.7 Å². The average Bonchev–Trinajstić information content (AvgIpc) is 3.22. The molecular formula is C30H21FN2O4. The Kier molecular flexibility index (Phi) is 6.16. The average molecular weight is 493 g/mol. The number of aromatic nitrogens is 1. The summed E-state index contributed by atoms with van der Waals surface area (Å²) in [5, 5.41) is 10.3. The van der Waals surface area contributed by atoms with Crippen LogP contribution in [-0.2, 0) is 0 Å². The van der Waals surface area contributed by atoms with E-state index >= 15 is 0 Å². The van der Waals surface area contributed by atoms with E-state index in [1.165, 1.54) is 33.5 Å². The maximum absolute atomic E-state index is 13.6. The van der Waals surface area contributed by atoms with Gasteiger partial charge in [0, 0.05) is 16.7 Å². The Hall–Kier alpha value is -4.96. The number of pyridine rings is 1. The summed E-state index contributed by atoms with van der Waals surface area (Å²) in [6.45, 7) is 0. The molecule has 4 aromatic rings. The maximum atomic E-state index is 13.6. The molecule has 182 valence electrons. The van der Waals surface area contributed by atoms with E-state index in [2.05, 4.69) is 6.07 Å². The number of carbonyl (C=O) groups is 1. The second-order valence-electron chi connectivity index (χ2n) is 8.26. The van der Waals surface area contributed by atoms with E-state index in [1.807, 2.05) is 12.1 Å². The lowest BCUT2D eigenvalue weighted by atomic mass is 9.91. The second kappa shape index (κ2) is 9.59. The van der Waals surface area contributed by atoms with Gasteiger partial charge in [0.1, 0.15) is 11.9 Å². The van der Waals surface area contributed by atoms with E-state index in [-0.39, 0.29) is 17.2 Å². The summed E-state index contributed by atoms with van der Waals surface area (Å²) in [7, 11) is 4.51. The summed E-state index contributed by atoms with van der Waals surface area (Å²) in [6, 6.07) is 18.9. The molecule has 1 aliphatic carbocycles. The number of methoxy groups -OCH3 is 3. The summed E-state index contributed by atoms with van der Waals surface area (Å²) in [6.07, 6.45) is 3.44. The van der Waals surface area contributed by atoms with Crippen molar-refractivity contribution in [3.8, 4) is 45.7 Å². The van der Waals surface area contributed by atoms with Gasteiger partial charge in [0.2, 0.25) is 5.75 Å². The number of carbonyl (C=O) groups excluding carboxylic acids is 1. The topological polar surface area (TPSA) is 81.4 Å². The van der Waals surface area contributed by atoms with Crippen molar-refractivity contribution in [1.82, 2.24) is 4.98 Å². The van der Waals surface area contributed by atoms with Crippen LogP contribution in [0.2, 0.25) is 0 Å². The van der Waals surface area contributed by atoms with Crippen molar-refractivity contribution < 1.29 is 23.4 Å². The van der Waals surface area contributed by atoms with Crippen LogP contribution in [0.5, 0.6) is 17.2 Å². The first-order valence-corrected chi connectivity index (χ1v) is 11.4. The molecule has 0 amide bonds. The lowest BCUT2D eigenvalue weighted by Gasteiger charge is -2.17. The highest BCUT2D eigenvalue weighted by molar-refractivity contribution is 6.24. The van der Waals surface area contributed by atoms with E-state index in [4.69, 9.17) is 19.2 Å². The predicted octanol–water partition coefficient (Wildman–Crippen LogP) is 6.17. The molecule has 1 aliphatic rings. The Morgan fingerprint density at radius 3 is 2.11 bits per heavy atom. The highest BCUT2D eigenvalue weighted by atomic mass is 19.1. The molecule has 1 aromatic heterocycles. The summed E-state index contributed by atoms with van der Waals surface area (Å²) in [5.74, 6) is 0.608. The monoisotopic (exact) mass is 492 g/mol. The van der Waals surface area contributed by atoms with Gasteiger partial charge in [0.25, 0.3) is 0 Å². The maximum Gasteiger partial charge on any atom is 0.203 e. The quantitative estimate of drug-likeness (QED) is 0.282. The van der Waals surface area contributed by atoms with Crippen LogP contribution in [0.1, 0.15) is 32.7 Å². The molecule has 6 nitrogen and oxygen atoms in total. The Balaban J connectivity index is 1.82. The van der Waals surface area contributed by atoms with Crippen molar-refractivity contribution in [3.63, 3.8) is 0 Å². The van der Waals surface area contributed by atoms with Gasteiger partial charge in [-0.25, -0.2) is 9.37 Å². The molecule has 0 atom stereocenters. The number of ketones is 1. The number of rotatable bonds is 6. The molecule has 0 saturated carbocycles. The van der Waals surface area contributed by atoms with Crippen LogP contribution in [-0.4, -0.2) is 32.1 Å². The van der Waals surface area contributed by atoms with Gasteiger partial charge in [-0.05, 0) is 41.5 Å². The highest BCUT2D eigenvalue weighted by Crippen LogP contribution is 2.47. The zero-order valence-corrected chi connectivity index (χ0v) is 20.3. The van der Waals surface area contributed by atoms with Crippen LogP contribution in [0, 0.1) is 17.1 Å². The van der Waals surface area contributed by atoms with E-state index in [1.54, 1.807) is 48.6 Å². The summed E-state index contributed by atoms with van der Waals surface area (Å²) in [4.78, 5) is 18.4. The van der Waals surface area contributed by atoms with Crippen LogP contribution in [0.3, 0.4) is 0 Å². The van der Waals surface area contributed by atoms with Crippen molar-refractivity contribution in [1.29, 1.82) is 5.26 Å². The number of nitriles is 1. The Morgan fingerprint density at radius 1 is 0.865 bits per heavy atom. The zero-order chi connectivity index (χ0) is 26.1. The second-order valence-corrected chi connectivity index (χ2v) is 8.26. The van der Waals surface area contributed by atoms with E-state index in [0.29, 0.717) is 56.5 Å². The molecule has 0 unspecified atom stereocenters. The minimum atomic E-state index is -0.342. The van der Waals surface area contributed by atoms with Crippen molar-refractivity contribution >= 4 is 17.9 Å². The smallest absolute Gasteiger partial charge is 0.203 e. The number of nitrogens with zero attached hydrogens (tertiary/aromatic N) is 2. The van der Waals surface area contributed by atoms with Gasteiger partial charge < -0.3 is 14.2 Å². The van der Waals surface area contributed by atoms with Crippen LogP contribution in [0.25, 0.3) is 34.5 Å². The molecule has 37 heavy (non-hydrogen) atoms. The Labute approximate surface area is 213 Å². The van der Waals surface area contributed by atoms with Crippen molar-refractivity contribution in [2.45, 2.75) is 0 Å². The minimum Gasteiger partial charge on any atom is -0.493 e. The van der Waals surface area contributed by atoms with Gasteiger partial charge in [0.15, 0.2) is 17.3 Å². The molecule has 7 heteroatoms. The van der Waals surface area contributed by atoms with Crippen LogP contribution in [0.4, 0.5) is 4.39 Å². The first-order chi connectivity index (χ1) is 18.0. The molecule has 3 aromatic carbocycles. The SMILES string of the molecule is COc1cc(-c2c(C#N)c(/C=C/c3ccc(F)cc3)nc3c2C(=O)c2ccccc2-3)cc(OC)c1OC. The molecule has 5 rings (SSSR count). The first kappa shape index (κ1) is 23.8. The van der Waals surface area contributed by atoms with E-state index in [9.17, 15) is 14.4 Å². The lowest BCUT2D eigenvalue weighted by Crippen LogP contribution is -2.05. The fraction of sp³-hybridized carbons (Fsp3) is 0.100. The van der Waals surface area contributed by atoms with Crippen molar-refractivity contribution in [2.24, 2.45) is 0 Å². The van der Waals surface area contributed by atoms with Gasteiger partial charge in [-0.1, -0.05) is 42.5 Å². The van der Waals surface area contributed by atoms with E-state index < -0.39 is 0 Å². The molecule has 0 radical (unpaired) electrons. The fourth-order valence-electron chi connectivity index (χ4n) is 4.54. The normalized spacial score (nSPS) is 11.7. The molecule has 0 spiro atoms. The predicted molar refractivity (Wildman–Crippen MR) is 138 cm³/mol. The standard InChI is InChI=1S/C30H21FN2O4/c1-35-24-14-18(15-25(36-2)30(24)37-3)26-22(16-32)23(13-10-17-8-11-19(31)12-9-17)33-28-20-6-4-5-7-21(20)29(34)27(26)28/h4-15H,1-3H3/b13-10+. The van der Waals surface area contributed by atoms with Gasteiger partial charge >= 0.3 is 0 Å². The largest absolute Gasteiger partial charge is 0.493 e. The Morgan fingerprint density at radius 2 is 1.51 bits per heavy atom. The van der Waals surface area contributed by atoms with Crippen molar-refractivity contribution in [2.75, 3.05) is 21.3 Å². The van der Waals surface area contributed by atoms with Gasteiger partial charge in [0.05, 0.1) is 43.8 Å². The van der Waals surface area contributed by atoms with Crippen molar-refractivity contribution in [3.05, 3.63) is 94.4 Å². The van der Waals surface area contributed by atoms with Crippen LogP contribution >= 0.6 is 0 Å². The molecular weight excluding hydrogens is 471 g/mol. The molecule has 0 saturated heterocycles. The number of ether oxygens (including phenoxy) is 3. The summed E-state index contributed by atoms with van der Waals surface area (Å²) >= 11 is 0. The number of halogens is 1. The molecule has 1 heterocycles. The summed E-state index contributed by atoms with van der Waals surface area (Å²) < 4.78 is 29.9. The number of hydrogen-bond donors (Lipinski definition) is 0. The fourth-order valence-corrected chi connectivity index (χ4v) is 4.54.